The van der Waals surface area contributed by atoms with Gasteiger partial charge in [-0.1, -0.05) is 51.5 Å². The van der Waals surface area contributed by atoms with Crippen LogP contribution in [0.1, 0.15) is 57.4 Å². The summed E-state index contributed by atoms with van der Waals surface area (Å²) in [5, 5.41) is 0. The van der Waals surface area contributed by atoms with E-state index >= 15 is 0 Å². The van der Waals surface area contributed by atoms with E-state index in [0.29, 0.717) is 6.42 Å². The molecule has 1 unspecified atom stereocenters. The van der Waals surface area contributed by atoms with Crippen LogP contribution in [-0.2, 0) is 6.42 Å². The molecule has 0 saturated heterocycles. The molecule has 20 heavy (non-hydrogen) atoms. The maximum Gasteiger partial charge on any atom is 0.129 e. The predicted molar refractivity (Wildman–Crippen MR) is 79.2 cm³/mol. The highest BCUT2D eigenvalue weighted by molar-refractivity contribution is 5.20. The first-order valence-corrected chi connectivity index (χ1v) is 7.58. The van der Waals surface area contributed by atoms with Gasteiger partial charge in [0, 0.05) is 11.6 Å². The van der Waals surface area contributed by atoms with Crippen LogP contribution in [0.4, 0.5) is 8.78 Å². The van der Waals surface area contributed by atoms with Crippen molar-refractivity contribution in [3.63, 3.8) is 0 Å². The van der Waals surface area contributed by atoms with Gasteiger partial charge in [0.25, 0.3) is 0 Å². The largest absolute Gasteiger partial charge is 0.271 e. The van der Waals surface area contributed by atoms with Crippen LogP contribution < -0.4 is 11.3 Å². The van der Waals surface area contributed by atoms with Crippen molar-refractivity contribution in [1.82, 2.24) is 5.43 Å². The van der Waals surface area contributed by atoms with Gasteiger partial charge in [0.05, 0.1) is 0 Å². The Balaban J connectivity index is 2.36. The number of hydrazine groups is 1. The molecule has 0 aliphatic rings. The molecule has 1 rings (SSSR count). The Kier molecular flexibility index (Phi) is 8.38. The van der Waals surface area contributed by atoms with Gasteiger partial charge in [-0.25, -0.2) is 8.78 Å². The van der Waals surface area contributed by atoms with Gasteiger partial charge in [-0.2, -0.15) is 0 Å². The van der Waals surface area contributed by atoms with Crippen molar-refractivity contribution in [3.05, 3.63) is 35.4 Å². The lowest BCUT2D eigenvalue weighted by atomic mass is 9.99. The lowest BCUT2D eigenvalue weighted by Gasteiger charge is -2.16. The van der Waals surface area contributed by atoms with Crippen LogP contribution in [0.25, 0.3) is 0 Å². The highest BCUT2D eigenvalue weighted by atomic mass is 19.1. The van der Waals surface area contributed by atoms with Crippen LogP contribution in [0, 0.1) is 11.6 Å². The highest BCUT2D eigenvalue weighted by Gasteiger charge is 2.14. The molecule has 0 bridgehead atoms. The standard InChI is InChI=1S/C16H26F2N2/c1-2-3-4-5-6-7-9-13(20-19)12-14-15(17)10-8-11-16(14)18/h8,10-11,13,20H,2-7,9,12,19H2,1H3. The van der Waals surface area contributed by atoms with Gasteiger partial charge in [0.1, 0.15) is 11.6 Å². The van der Waals surface area contributed by atoms with E-state index in [4.69, 9.17) is 5.84 Å². The molecule has 0 fully saturated rings. The van der Waals surface area contributed by atoms with Gasteiger partial charge in [0.2, 0.25) is 0 Å². The van der Waals surface area contributed by atoms with Crippen molar-refractivity contribution in [2.75, 3.05) is 0 Å². The summed E-state index contributed by atoms with van der Waals surface area (Å²) in [4.78, 5) is 0. The number of hydrogen-bond donors (Lipinski definition) is 2. The zero-order valence-electron chi connectivity index (χ0n) is 12.3. The van der Waals surface area contributed by atoms with E-state index in [0.717, 1.165) is 19.3 Å². The average molecular weight is 284 g/mol. The summed E-state index contributed by atoms with van der Waals surface area (Å²) in [6, 6.07) is 3.88. The van der Waals surface area contributed by atoms with Gasteiger partial charge in [-0.15, -0.1) is 0 Å². The summed E-state index contributed by atoms with van der Waals surface area (Å²) in [5.74, 6) is 4.50. The molecule has 114 valence electrons. The summed E-state index contributed by atoms with van der Waals surface area (Å²) in [5.41, 5.74) is 2.80. The third-order valence-electron chi connectivity index (χ3n) is 3.65. The molecule has 1 aromatic carbocycles. The fraction of sp³-hybridized carbons (Fsp3) is 0.625. The van der Waals surface area contributed by atoms with Gasteiger partial charge < -0.3 is 0 Å². The minimum atomic E-state index is -0.492. The fourth-order valence-electron chi connectivity index (χ4n) is 2.39. The van der Waals surface area contributed by atoms with Crippen molar-refractivity contribution in [1.29, 1.82) is 0 Å². The maximum atomic E-state index is 13.6. The van der Waals surface area contributed by atoms with E-state index in [-0.39, 0.29) is 11.6 Å². The summed E-state index contributed by atoms with van der Waals surface area (Å²) >= 11 is 0. The quantitative estimate of drug-likeness (QED) is 0.386. The van der Waals surface area contributed by atoms with Crippen molar-refractivity contribution in [3.8, 4) is 0 Å². The van der Waals surface area contributed by atoms with E-state index in [2.05, 4.69) is 12.3 Å². The second-order valence-electron chi connectivity index (χ2n) is 5.32. The lowest BCUT2D eigenvalue weighted by Crippen LogP contribution is -2.37. The predicted octanol–water partition coefficient (Wildman–Crippen LogP) is 4.09. The molecule has 2 nitrogen and oxygen atoms in total. The van der Waals surface area contributed by atoms with E-state index < -0.39 is 11.6 Å². The molecular formula is C16H26F2N2. The van der Waals surface area contributed by atoms with Crippen molar-refractivity contribution in [2.45, 2.75) is 64.3 Å². The second kappa shape index (κ2) is 9.83. The number of benzene rings is 1. The topological polar surface area (TPSA) is 38.0 Å². The Labute approximate surface area is 120 Å². The van der Waals surface area contributed by atoms with E-state index in [9.17, 15) is 8.78 Å². The van der Waals surface area contributed by atoms with Crippen molar-refractivity contribution < 1.29 is 8.78 Å². The smallest absolute Gasteiger partial charge is 0.129 e. The first-order chi connectivity index (χ1) is 9.69. The maximum absolute atomic E-state index is 13.6. The van der Waals surface area contributed by atoms with Crippen LogP contribution in [0.2, 0.25) is 0 Å². The zero-order valence-corrected chi connectivity index (χ0v) is 12.3. The molecule has 0 aliphatic heterocycles. The van der Waals surface area contributed by atoms with Crippen LogP contribution in [0.15, 0.2) is 18.2 Å². The molecular weight excluding hydrogens is 258 g/mol. The Bertz CT molecular complexity index is 362. The van der Waals surface area contributed by atoms with Crippen LogP contribution in [0.5, 0.6) is 0 Å². The highest BCUT2D eigenvalue weighted by Crippen LogP contribution is 2.17. The first-order valence-electron chi connectivity index (χ1n) is 7.58. The Hall–Kier alpha value is -1.00. The van der Waals surface area contributed by atoms with E-state index in [1.54, 1.807) is 0 Å². The molecule has 0 radical (unpaired) electrons. The minimum Gasteiger partial charge on any atom is -0.271 e. The van der Waals surface area contributed by atoms with E-state index in [1.165, 1.54) is 43.9 Å². The molecule has 0 aliphatic carbocycles. The first kappa shape index (κ1) is 17.1. The van der Waals surface area contributed by atoms with Crippen LogP contribution >= 0.6 is 0 Å². The fourth-order valence-corrected chi connectivity index (χ4v) is 2.39. The van der Waals surface area contributed by atoms with Crippen molar-refractivity contribution in [2.24, 2.45) is 5.84 Å². The molecule has 0 saturated carbocycles. The summed E-state index contributed by atoms with van der Waals surface area (Å²) in [6.07, 6.45) is 8.32. The third kappa shape index (κ3) is 5.97. The molecule has 0 amide bonds. The summed E-state index contributed by atoms with van der Waals surface area (Å²) in [6.45, 7) is 2.19. The Morgan fingerprint density at radius 3 is 2.25 bits per heavy atom. The molecule has 1 aromatic rings. The van der Waals surface area contributed by atoms with Gasteiger partial charge >= 0.3 is 0 Å². The Morgan fingerprint density at radius 1 is 1.05 bits per heavy atom. The third-order valence-corrected chi connectivity index (χ3v) is 3.65. The second-order valence-corrected chi connectivity index (χ2v) is 5.32. The molecule has 1 atom stereocenters. The molecule has 4 heteroatoms. The van der Waals surface area contributed by atoms with Crippen LogP contribution in [-0.4, -0.2) is 6.04 Å². The number of unbranched alkanes of at least 4 members (excludes halogenated alkanes) is 5. The summed E-state index contributed by atoms with van der Waals surface area (Å²) < 4.78 is 27.1. The zero-order chi connectivity index (χ0) is 14.8. The SMILES string of the molecule is CCCCCCCCC(Cc1c(F)cccc1F)NN. The lowest BCUT2D eigenvalue weighted by molar-refractivity contribution is 0.442. The van der Waals surface area contributed by atoms with Gasteiger partial charge in [-0.05, 0) is 25.0 Å². The number of halogens is 2. The molecule has 0 aromatic heterocycles. The van der Waals surface area contributed by atoms with Crippen molar-refractivity contribution >= 4 is 0 Å². The average Bonchev–Trinajstić information content (AvgIpc) is 2.44. The van der Waals surface area contributed by atoms with Crippen LogP contribution in [0.3, 0.4) is 0 Å². The number of hydrogen-bond acceptors (Lipinski definition) is 2. The number of rotatable bonds is 10. The van der Waals surface area contributed by atoms with E-state index in [1.807, 2.05) is 0 Å². The van der Waals surface area contributed by atoms with Gasteiger partial charge in [-0.3, -0.25) is 11.3 Å². The molecule has 0 heterocycles. The monoisotopic (exact) mass is 284 g/mol. The minimum absolute atomic E-state index is 0.0763. The normalized spacial score (nSPS) is 12.6. The number of nitrogens with one attached hydrogen (secondary N) is 1. The Morgan fingerprint density at radius 2 is 1.65 bits per heavy atom. The molecule has 0 spiro atoms. The molecule has 3 N–H and O–H groups in total. The van der Waals surface area contributed by atoms with Gasteiger partial charge in [0.15, 0.2) is 0 Å². The summed E-state index contributed by atoms with van der Waals surface area (Å²) in [7, 11) is 0. The number of nitrogens with two attached hydrogens (primary N) is 1.